The molecule has 1 aliphatic rings. The minimum Gasteiger partial charge on any atom is -0.350 e. The van der Waals surface area contributed by atoms with Crippen LogP contribution in [0, 0.1) is 4.77 Å². The van der Waals surface area contributed by atoms with Crippen LogP contribution in [0.5, 0.6) is 0 Å². The van der Waals surface area contributed by atoms with Crippen LogP contribution in [0.3, 0.4) is 0 Å². The highest BCUT2D eigenvalue weighted by atomic mass is 32.1. The summed E-state index contributed by atoms with van der Waals surface area (Å²) in [5, 5.41) is 1.28. The largest absolute Gasteiger partial charge is 0.350 e. The van der Waals surface area contributed by atoms with E-state index in [1.54, 1.807) is 0 Å². The van der Waals surface area contributed by atoms with E-state index in [4.69, 9.17) is 12.2 Å². The molecule has 2 aromatic heterocycles. The molecular formula is C17H18N4OS. The summed E-state index contributed by atoms with van der Waals surface area (Å²) in [6.07, 6.45) is 3.01. The van der Waals surface area contributed by atoms with Crippen LogP contribution in [0.1, 0.15) is 16.8 Å². The molecule has 4 rings (SSSR count). The molecular weight excluding hydrogens is 308 g/mol. The van der Waals surface area contributed by atoms with E-state index in [1.807, 2.05) is 0 Å². The van der Waals surface area contributed by atoms with Gasteiger partial charge in [0.1, 0.15) is 0 Å². The standard InChI is InChI=1S/C17H18N4OS/c1-20-8-11(12-4-2-3-5-15(12)20)9-21-7-6-14-13(10-21)16(22)19-17(23)18-14/h2-5,8H,6-7,9-10H2,1H3,(H2,18,19,22,23). The monoisotopic (exact) mass is 326 g/mol. The summed E-state index contributed by atoms with van der Waals surface area (Å²) in [6, 6.07) is 8.43. The highest BCUT2D eigenvalue weighted by molar-refractivity contribution is 7.71. The van der Waals surface area contributed by atoms with Crippen LogP contribution in [0.4, 0.5) is 0 Å². The summed E-state index contributed by atoms with van der Waals surface area (Å²) in [7, 11) is 2.07. The number of hydrogen-bond donors (Lipinski definition) is 2. The van der Waals surface area contributed by atoms with Gasteiger partial charge in [-0.15, -0.1) is 0 Å². The molecule has 3 aromatic rings. The van der Waals surface area contributed by atoms with E-state index in [2.05, 4.69) is 56.9 Å². The Hall–Kier alpha value is -2.18. The van der Waals surface area contributed by atoms with Crippen molar-refractivity contribution in [2.75, 3.05) is 6.54 Å². The number of fused-ring (bicyclic) bond motifs is 2. The normalized spacial score (nSPS) is 15.0. The summed E-state index contributed by atoms with van der Waals surface area (Å²) in [4.78, 5) is 20.2. The van der Waals surface area contributed by atoms with Gasteiger partial charge in [-0.1, -0.05) is 18.2 Å². The van der Waals surface area contributed by atoms with E-state index in [-0.39, 0.29) is 5.56 Å². The van der Waals surface area contributed by atoms with Gasteiger partial charge in [-0.3, -0.25) is 14.7 Å². The van der Waals surface area contributed by atoms with Gasteiger partial charge in [0.15, 0.2) is 4.77 Å². The molecule has 5 nitrogen and oxygen atoms in total. The number of nitrogens with zero attached hydrogens (tertiary/aromatic N) is 2. The molecule has 118 valence electrons. The van der Waals surface area contributed by atoms with Crippen molar-refractivity contribution in [3.05, 3.63) is 62.4 Å². The number of nitrogens with one attached hydrogen (secondary N) is 2. The maximum absolute atomic E-state index is 12.1. The van der Waals surface area contributed by atoms with Crippen molar-refractivity contribution in [3.8, 4) is 0 Å². The van der Waals surface area contributed by atoms with Gasteiger partial charge >= 0.3 is 0 Å². The maximum Gasteiger partial charge on any atom is 0.256 e. The van der Waals surface area contributed by atoms with Gasteiger partial charge < -0.3 is 9.55 Å². The van der Waals surface area contributed by atoms with Gasteiger partial charge in [0.25, 0.3) is 5.56 Å². The molecule has 1 aliphatic heterocycles. The molecule has 2 N–H and O–H groups in total. The van der Waals surface area contributed by atoms with Crippen molar-refractivity contribution in [3.63, 3.8) is 0 Å². The molecule has 23 heavy (non-hydrogen) atoms. The highest BCUT2D eigenvalue weighted by Gasteiger charge is 2.20. The number of rotatable bonds is 2. The lowest BCUT2D eigenvalue weighted by Crippen LogP contribution is -2.35. The Morgan fingerprint density at radius 3 is 2.96 bits per heavy atom. The van der Waals surface area contributed by atoms with Gasteiger partial charge in [0, 0.05) is 55.9 Å². The van der Waals surface area contributed by atoms with Crippen LogP contribution in [0.15, 0.2) is 35.3 Å². The Morgan fingerprint density at radius 1 is 1.26 bits per heavy atom. The minimum atomic E-state index is -0.0635. The second kappa shape index (κ2) is 5.47. The number of aromatic nitrogens is 3. The smallest absolute Gasteiger partial charge is 0.256 e. The molecule has 0 fully saturated rings. The molecule has 1 aromatic carbocycles. The number of para-hydroxylation sites is 1. The van der Waals surface area contributed by atoms with Crippen LogP contribution in [0.25, 0.3) is 10.9 Å². The molecule has 0 amide bonds. The van der Waals surface area contributed by atoms with Crippen molar-refractivity contribution in [2.24, 2.45) is 7.05 Å². The first kappa shape index (κ1) is 14.4. The van der Waals surface area contributed by atoms with E-state index in [9.17, 15) is 4.79 Å². The summed E-state index contributed by atoms with van der Waals surface area (Å²) in [5.74, 6) is 0. The van der Waals surface area contributed by atoms with Gasteiger partial charge in [0.2, 0.25) is 0 Å². The summed E-state index contributed by atoms with van der Waals surface area (Å²) < 4.78 is 2.57. The zero-order chi connectivity index (χ0) is 16.0. The quantitative estimate of drug-likeness (QED) is 0.711. The first-order valence-electron chi connectivity index (χ1n) is 7.71. The average molecular weight is 326 g/mol. The van der Waals surface area contributed by atoms with Crippen LogP contribution < -0.4 is 5.56 Å². The predicted octanol–water partition coefficient (Wildman–Crippen LogP) is 2.48. The lowest BCUT2D eigenvalue weighted by molar-refractivity contribution is 0.242. The highest BCUT2D eigenvalue weighted by Crippen LogP contribution is 2.23. The summed E-state index contributed by atoms with van der Waals surface area (Å²) in [5.41, 5.74) is 4.26. The van der Waals surface area contributed by atoms with Crippen molar-refractivity contribution in [2.45, 2.75) is 19.5 Å². The van der Waals surface area contributed by atoms with Gasteiger partial charge in [0.05, 0.1) is 5.56 Å². The van der Waals surface area contributed by atoms with Gasteiger partial charge in [-0.05, 0) is 23.8 Å². The Labute approximate surface area is 138 Å². The summed E-state index contributed by atoms with van der Waals surface area (Å²) >= 11 is 5.05. The molecule has 3 heterocycles. The molecule has 6 heteroatoms. The zero-order valence-electron chi connectivity index (χ0n) is 12.9. The van der Waals surface area contributed by atoms with E-state index in [1.165, 1.54) is 16.5 Å². The second-order valence-corrected chi connectivity index (χ2v) is 6.52. The van der Waals surface area contributed by atoms with Crippen LogP contribution in [0.2, 0.25) is 0 Å². The topological polar surface area (TPSA) is 56.8 Å². The SMILES string of the molecule is Cn1cc(CN2CCc3[nH]c(=S)[nH]c(=O)c3C2)c2ccccc21. The fourth-order valence-electron chi connectivity index (χ4n) is 3.44. The van der Waals surface area contributed by atoms with E-state index < -0.39 is 0 Å². The molecule has 0 bridgehead atoms. The fourth-order valence-corrected chi connectivity index (χ4v) is 3.66. The third-order valence-corrected chi connectivity index (χ3v) is 4.77. The number of hydrogen-bond acceptors (Lipinski definition) is 3. The van der Waals surface area contributed by atoms with E-state index in [0.29, 0.717) is 11.3 Å². The molecule has 0 radical (unpaired) electrons. The Kier molecular flexibility index (Phi) is 3.43. The second-order valence-electron chi connectivity index (χ2n) is 6.11. The fraction of sp³-hybridized carbons (Fsp3) is 0.294. The molecule has 0 spiro atoms. The lowest BCUT2D eigenvalue weighted by atomic mass is 10.1. The van der Waals surface area contributed by atoms with Crippen LogP contribution in [-0.2, 0) is 26.6 Å². The number of H-pyrrole nitrogens is 2. The van der Waals surface area contributed by atoms with Crippen molar-refractivity contribution in [1.82, 2.24) is 19.4 Å². The lowest BCUT2D eigenvalue weighted by Gasteiger charge is -2.27. The molecule has 0 unspecified atom stereocenters. The zero-order valence-corrected chi connectivity index (χ0v) is 13.7. The molecule has 0 atom stereocenters. The van der Waals surface area contributed by atoms with Crippen LogP contribution >= 0.6 is 12.2 Å². The molecule has 0 saturated heterocycles. The van der Waals surface area contributed by atoms with Gasteiger partial charge in [-0.25, -0.2) is 0 Å². The Balaban J connectivity index is 1.65. The van der Waals surface area contributed by atoms with Crippen molar-refractivity contribution >= 4 is 23.1 Å². The maximum atomic E-state index is 12.1. The van der Waals surface area contributed by atoms with E-state index in [0.717, 1.165) is 30.8 Å². The third-order valence-electron chi connectivity index (χ3n) is 4.56. The first-order valence-corrected chi connectivity index (χ1v) is 8.12. The predicted molar refractivity (Wildman–Crippen MR) is 93.0 cm³/mol. The Morgan fingerprint density at radius 2 is 2.09 bits per heavy atom. The Bertz CT molecular complexity index is 998. The average Bonchev–Trinajstić information content (AvgIpc) is 2.85. The molecule has 0 saturated carbocycles. The number of benzene rings is 1. The van der Waals surface area contributed by atoms with Crippen molar-refractivity contribution in [1.29, 1.82) is 0 Å². The molecule has 0 aliphatic carbocycles. The number of aryl methyl sites for hydroxylation is 1. The van der Waals surface area contributed by atoms with E-state index >= 15 is 0 Å². The minimum absolute atomic E-state index is 0.0635. The number of aromatic amines is 2. The van der Waals surface area contributed by atoms with Gasteiger partial charge in [-0.2, -0.15) is 0 Å². The third kappa shape index (κ3) is 2.54. The van der Waals surface area contributed by atoms with Crippen LogP contribution in [-0.4, -0.2) is 26.0 Å². The van der Waals surface area contributed by atoms with Crippen molar-refractivity contribution < 1.29 is 0 Å². The first-order chi connectivity index (χ1) is 11.1. The summed E-state index contributed by atoms with van der Waals surface area (Å²) in [6.45, 7) is 2.42.